The predicted molar refractivity (Wildman–Crippen MR) is 80.0 cm³/mol. The number of rotatable bonds is 5. The summed E-state index contributed by atoms with van der Waals surface area (Å²) in [6, 6.07) is 8.31. The van der Waals surface area contributed by atoms with E-state index in [0.717, 1.165) is 12.3 Å². The summed E-state index contributed by atoms with van der Waals surface area (Å²) in [5, 5.41) is 7.17. The van der Waals surface area contributed by atoms with Crippen molar-refractivity contribution in [3.05, 3.63) is 29.8 Å². The lowest BCUT2D eigenvalue weighted by molar-refractivity contribution is 0.413. The van der Waals surface area contributed by atoms with Crippen LogP contribution in [0.15, 0.2) is 24.3 Å². The van der Waals surface area contributed by atoms with E-state index in [-0.39, 0.29) is 6.04 Å². The van der Waals surface area contributed by atoms with Gasteiger partial charge < -0.3 is 15.4 Å². The molecule has 0 saturated carbocycles. The van der Waals surface area contributed by atoms with Crippen molar-refractivity contribution in [3.63, 3.8) is 0 Å². The van der Waals surface area contributed by atoms with Gasteiger partial charge in [-0.1, -0.05) is 26.0 Å². The third-order valence-corrected chi connectivity index (χ3v) is 3.03. The van der Waals surface area contributed by atoms with Gasteiger partial charge in [-0.05, 0) is 42.8 Å². The molecule has 0 fully saturated rings. The van der Waals surface area contributed by atoms with Crippen molar-refractivity contribution in [1.29, 1.82) is 0 Å². The van der Waals surface area contributed by atoms with Crippen molar-refractivity contribution in [2.45, 2.75) is 26.8 Å². The van der Waals surface area contributed by atoms with Crippen LogP contribution in [0.3, 0.4) is 0 Å². The maximum atomic E-state index is 5.25. The molecule has 0 radical (unpaired) electrons. The van der Waals surface area contributed by atoms with Crippen LogP contribution in [0.2, 0.25) is 0 Å². The van der Waals surface area contributed by atoms with Crippen LogP contribution in [0.1, 0.15) is 32.4 Å². The van der Waals surface area contributed by atoms with Crippen molar-refractivity contribution >= 4 is 17.3 Å². The molecule has 18 heavy (non-hydrogen) atoms. The van der Waals surface area contributed by atoms with E-state index in [1.165, 1.54) is 5.56 Å². The van der Waals surface area contributed by atoms with Crippen molar-refractivity contribution in [2.24, 2.45) is 5.92 Å². The molecule has 0 aliphatic heterocycles. The van der Waals surface area contributed by atoms with Gasteiger partial charge in [-0.2, -0.15) is 0 Å². The second-order valence-electron chi connectivity index (χ2n) is 4.50. The standard InChI is InChI=1S/C14H22N2OS/c1-5-15-14(18)16-13(10(2)3)11-6-8-12(17-4)9-7-11/h6-10,13H,5H2,1-4H3,(H2,15,16,18)/t13-/m1/s1. The van der Waals surface area contributed by atoms with Crippen LogP contribution in [-0.2, 0) is 0 Å². The molecule has 0 heterocycles. The molecule has 0 unspecified atom stereocenters. The predicted octanol–water partition coefficient (Wildman–Crippen LogP) is 2.88. The van der Waals surface area contributed by atoms with E-state index in [9.17, 15) is 0 Å². The fourth-order valence-electron chi connectivity index (χ4n) is 1.80. The molecule has 0 bridgehead atoms. The lowest BCUT2D eigenvalue weighted by Gasteiger charge is -2.24. The number of methoxy groups -OCH3 is 1. The zero-order valence-electron chi connectivity index (χ0n) is 11.5. The Morgan fingerprint density at radius 1 is 1.28 bits per heavy atom. The van der Waals surface area contributed by atoms with Gasteiger partial charge in [-0.3, -0.25) is 0 Å². The minimum atomic E-state index is 0.211. The van der Waals surface area contributed by atoms with Gasteiger partial charge in [0, 0.05) is 6.54 Å². The summed E-state index contributed by atoms with van der Waals surface area (Å²) in [5.41, 5.74) is 1.21. The fraction of sp³-hybridized carbons (Fsp3) is 0.500. The Bertz CT molecular complexity index is 376. The number of thiocarbonyl (C=S) groups is 1. The van der Waals surface area contributed by atoms with E-state index in [1.807, 2.05) is 19.1 Å². The van der Waals surface area contributed by atoms with E-state index in [0.29, 0.717) is 11.0 Å². The van der Waals surface area contributed by atoms with Gasteiger partial charge in [-0.25, -0.2) is 0 Å². The molecule has 1 atom stereocenters. The Balaban J connectivity index is 2.80. The summed E-state index contributed by atoms with van der Waals surface area (Å²) in [6.07, 6.45) is 0. The summed E-state index contributed by atoms with van der Waals surface area (Å²) in [7, 11) is 1.67. The minimum Gasteiger partial charge on any atom is -0.497 e. The molecule has 0 spiro atoms. The summed E-state index contributed by atoms with van der Waals surface area (Å²) in [5.74, 6) is 1.32. The van der Waals surface area contributed by atoms with Crippen LogP contribution in [0.5, 0.6) is 5.75 Å². The Morgan fingerprint density at radius 2 is 1.89 bits per heavy atom. The van der Waals surface area contributed by atoms with Crippen molar-refractivity contribution in [2.75, 3.05) is 13.7 Å². The molecule has 1 aromatic carbocycles. The van der Waals surface area contributed by atoms with Crippen LogP contribution in [0.25, 0.3) is 0 Å². The molecule has 0 amide bonds. The van der Waals surface area contributed by atoms with Crippen LogP contribution in [0, 0.1) is 5.92 Å². The lowest BCUT2D eigenvalue weighted by Crippen LogP contribution is -2.39. The van der Waals surface area contributed by atoms with Gasteiger partial charge in [0.2, 0.25) is 0 Å². The SMILES string of the molecule is CCNC(=S)N[C@@H](c1ccc(OC)cc1)C(C)C. The Morgan fingerprint density at radius 3 is 2.33 bits per heavy atom. The normalized spacial score (nSPS) is 12.1. The van der Waals surface area contributed by atoms with Crippen LogP contribution >= 0.6 is 12.2 Å². The van der Waals surface area contributed by atoms with Crippen LogP contribution in [0.4, 0.5) is 0 Å². The first-order valence-corrected chi connectivity index (χ1v) is 6.67. The number of nitrogens with one attached hydrogen (secondary N) is 2. The van der Waals surface area contributed by atoms with Crippen molar-refractivity contribution in [1.82, 2.24) is 10.6 Å². The monoisotopic (exact) mass is 266 g/mol. The van der Waals surface area contributed by atoms with Gasteiger partial charge in [0.05, 0.1) is 13.2 Å². The molecule has 1 rings (SSSR count). The van der Waals surface area contributed by atoms with Gasteiger partial charge in [0.15, 0.2) is 5.11 Å². The summed E-state index contributed by atoms with van der Waals surface area (Å²) in [4.78, 5) is 0. The molecule has 0 aliphatic rings. The van der Waals surface area contributed by atoms with Crippen molar-refractivity contribution in [3.8, 4) is 5.75 Å². The zero-order chi connectivity index (χ0) is 13.5. The van der Waals surface area contributed by atoms with E-state index in [2.05, 4.69) is 36.6 Å². The highest BCUT2D eigenvalue weighted by Gasteiger charge is 2.16. The molecule has 0 aliphatic carbocycles. The van der Waals surface area contributed by atoms with Gasteiger partial charge in [-0.15, -0.1) is 0 Å². The van der Waals surface area contributed by atoms with Crippen LogP contribution < -0.4 is 15.4 Å². The maximum Gasteiger partial charge on any atom is 0.166 e. The highest BCUT2D eigenvalue weighted by Crippen LogP contribution is 2.23. The lowest BCUT2D eigenvalue weighted by atomic mass is 9.96. The third-order valence-electron chi connectivity index (χ3n) is 2.77. The molecule has 3 nitrogen and oxygen atoms in total. The van der Waals surface area contributed by atoms with Gasteiger partial charge in [0.25, 0.3) is 0 Å². The topological polar surface area (TPSA) is 33.3 Å². The number of hydrogen-bond donors (Lipinski definition) is 2. The Labute approximate surface area is 115 Å². The number of ether oxygens (including phenoxy) is 1. The second-order valence-corrected chi connectivity index (χ2v) is 4.91. The highest BCUT2D eigenvalue weighted by molar-refractivity contribution is 7.80. The summed E-state index contributed by atoms with van der Waals surface area (Å²) < 4.78 is 5.17. The maximum absolute atomic E-state index is 5.25. The molecule has 2 N–H and O–H groups in total. The minimum absolute atomic E-state index is 0.211. The summed E-state index contributed by atoms with van der Waals surface area (Å²) >= 11 is 5.25. The molecular weight excluding hydrogens is 244 g/mol. The molecule has 0 saturated heterocycles. The van der Waals surface area contributed by atoms with E-state index >= 15 is 0 Å². The first-order valence-electron chi connectivity index (χ1n) is 6.26. The van der Waals surface area contributed by atoms with Gasteiger partial charge >= 0.3 is 0 Å². The molecule has 1 aromatic rings. The first kappa shape index (κ1) is 14.8. The molecule has 0 aromatic heterocycles. The molecule has 4 heteroatoms. The molecular formula is C14H22N2OS. The fourth-order valence-corrected chi connectivity index (χ4v) is 2.07. The summed E-state index contributed by atoms with van der Waals surface area (Å²) in [6.45, 7) is 7.22. The quantitative estimate of drug-likeness (QED) is 0.803. The largest absolute Gasteiger partial charge is 0.497 e. The average Bonchev–Trinajstić information content (AvgIpc) is 2.36. The number of benzene rings is 1. The molecule has 100 valence electrons. The van der Waals surface area contributed by atoms with Crippen molar-refractivity contribution < 1.29 is 4.74 Å². The Kier molecular flexibility index (Phi) is 5.92. The van der Waals surface area contributed by atoms with E-state index in [1.54, 1.807) is 7.11 Å². The third kappa shape index (κ3) is 4.18. The first-order chi connectivity index (χ1) is 8.58. The zero-order valence-corrected chi connectivity index (χ0v) is 12.3. The average molecular weight is 266 g/mol. The highest BCUT2D eigenvalue weighted by atomic mass is 32.1. The Hall–Kier alpha value is -1.29. The smallest absolute Gasteiger partial charge is 0.166 e. The second kappa shape index (κ2) is 7.21. The van der Waals surface area contributed by atoms with Crippen LogP contribution in [-0.4, -0.2) is 18.8 Å². The number of hydrogen-bond acceptors (Lipinski definition) is 2. The van der Waals surface area contributed by atoms with E-state index < -0.39 is 0 Å². The van der Waals surface area contributed by atoms with Gasteiger partial charge in [0.1, 0.15) is 5.75 Å². The van der Waals surface area contributed by atoms with E-state index in [4.69, 9.17) is 17.0 Å².